The van der Waals surface area contributed by atoms with Gasteiger partial charge in [0.25, 0.3) is 0 Å². The fourth-order valence-corrected chi connectivity index (χ4v) is 2.99. The van der Waals surface area contributed by atoms with Crippen LogP contribution in [0.2, 0.25) is 0 Å². The van der Waals surface area contributed by atoms with Crippen LogP contribution in [0.5, 0.6) is 0 Å². The lowest BCUT2D eigenvalue weighted by Gasteiger charge is -2.23. The van der Waals surface area contributed by atoms with E-state index in [0.29, 0.717) is 25.2 Å². The van der Waals surface area contributed by atoms with Gasteiger partial charge >= 0.3 is 0 Å². The predicted octanol–water partition coefficient (Wildman–Crippen LogP) is 1.70. The van der Waals surface area contributed by atoms with Crippen molar-refractivity contribution in [3.05, 3.63) is 71.8 Å². The average Bonchev–Trinajstić information content (AvgIpc) is 2.66. The Bertz CT molecular complexity index is 559. The van der Waals surface area contributed by atoms with E-state index in [9.17, 15) is 0 Å². The summed E-state index contributed by atoms with van der Waals surface area (Å²) in [5, 5.41) is 7.28. The molecule has 0 saturated carbocycles. The van der Waals surface area contributed by atoms with Crippen molar-refractivity contribution in [3.8, 4) is 0 Å². The highest BCUT2D eigenvalue weighted by Crippen LogP contribution is 2.04. The van der Waals surface area contributed by atoms with Crippen LogP contribution in [0.15, 0.2) is 60.7 Å². The lowest BCUT2D eigenvalue weighted by Crippen LogP contribution is -2.47. The molecule has 2 aromatic rings. The first-order valence-electron chi connectivity index (χ1n) is 9.26. The van der Waals surface area contributed by atoms with Gasteiger partial charge in [-0.15, -0.1) is 0 Å². The van der Waals surface area contributed by atoms with Crippen LogP contribution < -0.4 is 22.1 Å². The first kappa shape index (κ1) is 19.6. The zero-order chi connectivity index (χ0) is 17.7. The smallest absolute Gasteiger partial charge is 0.0233 e. The third-order valence-corrected chi connectivity index (χ3v) is 4.47. The average molecular weight is 341 g/mol. The summed E-state index contributed by atoms with van der Waals surface area (Å²) in [7, 11) is 0. The zero-order valence-corrected chi connectivity index (χ0v) is 15.0. The van der Waals surface area contributed by atoms with Crippen LogP contribution in [0.4, 0.5) is 0 Å². The minimum Gasteiger partial charge on any atom is -0.330 e. The van der Waals surface area contributed by atoms with Gasteiger partial charge in [-0.25, -0.2) is 0 Å². The van der Waals surface area contributed by atoms with E-state index >= 15 is 0 Å². The van der Waals surface area contributed by atoms with Crippen molar-refractivity contribution in [2.24, 2.45) is 11.5 Å². The molecule has 25 heavy (non-hydrogen) atoms. The summed E-state index contributed by atoms with van der Waals surface area (Å²) < 4.78 is 0. The van der Waals surface area contributed by atoms with Crippen LogP contribution in [0.25, 0.3) is 0 Å². The Kier molecular flexibility index (Phi) is 9.23. The van der Waals surface area contributed by atoms with Crippen molar-refractivity contribution in [1.29, 1.82) is 0 Å². The molecule has 4 nitrogen and oxygen atoms in total. The summed E-state index contributed by atoms with van der Waals surface area (Å²) in [5.74, 6) is 0. The van der Waals surface area contributed by atoms with Crippen molar-refractivity contribution in [2.45, 2.75) is 31.3 Å². The second-order valence-corrected chi connectivity index (χ2v) is 6.49. The Morgan fingerprint density at radius 1 is 0.760 bits per heavy atom. The molecule has 2 aromatic carbocycles. The summed E-state index contributed by atoms with van der Waals surface area (Å²) >= 11 is 0. The molecule has 0 bridgehead atoms. The van der Waals surface area contributed by atoms with Crippen molar-refractivity contribution < 1.29 is 0 Å². The molecule has 0 aliphatic rings. The van der Waals surface area contributed by atoms with E-state index in [2.05, 4.69) is 71.3 Å². The van der Waals surface area contributed by atoms with Gasteiger partial charge in [-0.1, -0.05) is 60.7 Å². The Labute approximate surface area is 152 Å². The molecule has 0 saturated heterocycles. The molecule has 0 spiro atoms. The predicted molar refractivity (Wildman–Crippen MR) is 107 cm³/mol. The maximum Gasteiger partial charge on any atom is 0.0233 e. The largest absolute Gasteiger partial charge is 0.330 e. The van der Waals surface area contributed by atoms with E-state index < -0.39 is 0 Å². The SMILES string of the molecule is NCC[C@@H](CN)NC[C@H](Cc1ccccc1)NCCc1ccccc1. The van der Waals surface area contributed by atoms with Gasteiger partial charge in [0.1, 0.15) is 0 Å². The van der Waals surface area contributed by atoms with Gasteiger partial charge in [0.05, 0.1) is 0 Å². The third-order valence-electron chi connectivity index (χ3n) is 4.47. The van der Waals surface area contributed by atoms with Crippen molar-refractivity contribution in [1.82, 2.24) is 10.6 Å². The van der Waals surface area contributed by atoms with Crippen LogP contribution in [-0.4, -0.2) is 38.3 Å². The van der Waals surface area contributed by atoms with Crippen LogP contribution in [0, 0.1) is 0 Å². The molecule has 6 N–H and O–H groups in total. The highest BCUT2D eigenvalue weighted by Gasteiger charge is 2.12. The van der Waals surface area contributed by atoms with Gasteiger partial charge in [0.15, 0.2) is 0 Å². The standard InChI is InChI=1S/C21H32N4/c22-13-11-20(16-23)25-17-21(15-19-9-5-2-6-10-19)24-14-12-18-7-3-1-4-8-18/h1-10,20-21,24-25H,11-17,22-23H2/t20-,21-/m0/s1. The summed E-state index contributed by atoms with van der Waals surface area (Å²) in [4.78, 5) is 0. The molecular weight excluding hydrogens is 308 g/mol. The van der Waals surface area contributed by atoms with Gasteiger partial charge in [-0.05, 0) is 43.5 Å². The van der Waals surface area contributed by atoms with E-state index in [1.807, 2.05) is 0 Å². The molecule has 0 aliphatic carbocycles. The molecule has 0 aliphatic heterocycles. The highest BCUT2D eigenvalue weighted by molar-refractivity contribution is 5.17. The summed E-state index contributed by atoms with van der Waals surface area (Å²) in [6.45, 7) is 3.15. The lowest BCUT2D eigenvalue weighted by atomic mass is 10.0. The van der Waals surface area contributed by atoms with Gasteiger partial charge < -0.3 is 22.1 Å². The van der Waals surface area contributed by atoms with Gasteiger partial charge in [0.2, 0.25) is 0 Å². The number of nitrogens with one attached hydrogen (secondary N) is 2. The van der Waals surface area contributed by atoms with Crippen LogP contribution in [0.3, 0.4) is 0 Å². The quantitative estimate of drug-likeness (QED) is 0.474. The Morgan fingerprint density at radius 2 is 1.40 bits per heavy atom. The molecule has 0 aromatic heterocycles. The molecule has 136 valence electrons. The molecule has 0 fully saturated rings. The number of rotatable bonds is 12. The summed E-state index contributed by atoms with van der Waals surface area (Å²) in [5.41, 5.74) is 14.2. The first-order chi connectivity index (χ1) is 12.3. The first-order valence-corrected chi connectivity index (χ1v) is 9.26. The maximum absolute atomic E-state index is 5.84. The monoisotopic (exact) mass is 340 g/mol. The Hall–Kier alpha value is -1.72. The minimum atomic E-state index is 0.291. The zero-order valence-electron chi connectivity index (χ0n) is 15.0. The van der Waals surface area contributed by atoms with Gasteiger partial charge in [-0.2, -0.15) is 0 Å². The van der Waals surface area contributed by atoms with Crippen molar-refractivity contribution in [2.75, 3.05) is 26.2 Å². The van der Waals surface area contributed by atoms with Crippen molar-refractivity contribution >= 4 is 0 Å². The molecule has 0 radical (unpaired) electrons. The van der Waals surface area contributed by atoms with Crippen LogP contribution in [0.1, 0.15) is 17.5 Å². The molecule has 0 heterocycles. The number of hydrogen-bond acceptors (Lipinski definition) is 4. The molecule has 0 unspecified atom stereocenters. The topological polar surface area (TPSA) is 76.1 Å². The fourth-order valence-electron chi connectivity index (χ4n) is 2.99. The Balaban J connectivity index is 1.86. The number of benzene rings is 2. The second kappa shape index (κ2) is 11.8. The van der Waals surface area contributed by atoms with Gasteiger partial charge in [0, 0.05) is 25.2 Å². The highest BCUT2D eigenvalue weighted by atomic mass is 15.0. The maximum atomic E-state index is 5.84. The lowest BCUT2D eigenvalue weighted by molar-refractivity contribution is 0.420. The van der Waals surface area contributed by atoms with E-state index in [-0.39, 0.29) is 0 Å². The fraction of sp³-hybridized carbons (Fsp3) is 0.429. The molecule has 2 atom stereocenters. The number of hydrogen-bond donors (Lipinski definition) is 4. The molecular formula is C21H32N4. The van der Waals surface area contributed by atoms with Gasteiger partial charge in [-0.3, -0.25) is 0 Å². The molecule has 0 amide bonds. The van der Waals surface area contributed by atoms with Crippen molar-refractivity contribution in [3.63, 3.8) is 0 Å². The minimum absolute atomic E-state index is 0.291. The summed E-state index contributed by atoms with van der Waals surface area (Å²) in [6.07, 6.45) is 2.95. The van der Waals surface area contributed by atoms with E-state index in [1.165, 1.54) is 11.1 Å². The number of nitrogens with two attached hydrogens (primary N) is 2. The normalized spacial score (nSPS) is 13.5. The van der Waals surface area contributed by atoms with E-state index in [1.54, 1.807) is 0 Å². The van der Waals surface area contributed by atoms with E-state index in [4.69, 9.17) is 11.5 Å². The van der Waals surface area contributed by atoms with Crippen LogP contribution in [-0.2, 0) is 12.8 Å². The molecule has 2 rings (SSSR count). The third kappa shape index (κ3) is 7.80. The molecule has 4 heteroatoms. The van der Waals surface area contributed by atoms with E-state index in [0.717, 1.165) is 32.4 Å². The summed E-state index contributed by atoms with van der Waals surface area (Å²) in [6, 6.07) is 21.9. The van der Waals surface area contributed by atoms with Crippen LogP contribution >= 0.6 is 0 Å². The Morgan fingerprint density at radius 3 is 2.00 bits per heavy atom. The second-order valence-electron chi connectivity index (χ2n) is 6.49.